The molecular weight excluding hydrogens is 170 g/mol. The maximum absolute atomic E-state index is 5.99. The molecule has 1 fully saturated rings. The third-order valence-electron chi connectivity index (χ3n) is 2.17. The molecule has 0 amide bonds. The summed E-state index contributed by atoms with van der Waals surface area (Å²) in [5.41, 5.74) is 5.88. The minimum absolute atomic E-state index is 0.106. The first kappa shape index (κ1) is 8.13. The summed E-state index contributed by atoms with van der Waals surface area (Å²) in [6.45, 7) is 4.20. The monoisotopic (exact) mass is 183 g/mol. The highest BCUT2D eigenvalue weighted by Crippen LogP contribution is 2.43. The van der Waals surface area contributed by atoms with Gasteiger partial charge in [0.2, 0.25) is 0 Å². The molecule has 3 nitrogen and oxygen atoms in total. The molecule has 2 rings (SSSR count). The predicted molar refractivity (Wildman–Crippen MR) is 49.1 cm³/mol. The Bertz CT molecular complexity index is 288. The van der Waals surface area contributed by atoms with Gasteiger partial charge in [0.15, 0.2) is 0 Å². The number of hydrogen-bond donors (Lipinski definition) is 1. The van der Waals surface area contributed by atoms with Gasteiger partial charge in [-0.25, -0.2) is 4.98 Å². The van der Waals surface area contributed by atoms with E-state index in [1.54, 1.807) is 0 Å². The van der Waals surface area contributed by atoms with Crippen molar-refractivity contribution in [1.29, 1.82) is 0 Å². The van der Waals surface area contributed by atoms with Crippen LogP contribution in [-0.4, -0.2) is 9.36 Å². The van der Waals surface area contributed by atoms with Gasteiger partial charge < -0.3 is 5.73 Å². The van der Waals surface area contributed by atoms with Crippen molar-refractivity contribution in [1.82, 2.24) is 9.36 Å². The fraction of sp³-hybridized carbons (Fsp3) is 0.750. The molecule has 1 heterocycles. The molecule has 4 heteroatoms. The lowest BCUT2D eigenvalue weighted by Crippen LogP contribution is -2.18. The normalized spacial score (nSPS) is 20.0. The minimum atomic E-state index is -0.106. The maximum atomic E-state index is 5.99. The van der Waals surface area contributed by atoms with Gasteiger partial charge in [0.25, 0.3) is 0 Å². The van der Waals surface area contributed by atoms with Crippen LogP contribution in [0, 0.1) is 0 Å². The van der Waals surface area contributed by atoms with Crippen molar-refractivity contribution in [2.45, 2.75) is 38.1 Å². The van der Waals surface area contributed by atoms with Crippen molar-refractivity contribution in [3.05, 3.63) is 10.8 Å². The molecule has 12 heavy (non-hydrogen) atoms. The molecule has 1 aromatic rings. The fourth-order valence-electron chi connectivity index (χ4n) is 1.02. The SMILES string of the molecule is CC(C)c1nsc(C2(N)CC2)n1. The van der Waals surface area contributed by atoms with E-state index in [1.807, 2.05) is 0 Å². The molecule has 1 aliphatic rings. The number of nitrogens with zero attached hydrogens (tertiary/aromatic N) is 2. The van der Waals surface area contributed by atoms with Crippen LogP contribution in [-0.2, 0) is 5.54 Å². The van der Waals surface area contributed by atoms with Gasteiger partial charge in [0.05, 0.1) is 5.54 Å². The quantitative estimate of drug-likeness (QED) is 0.757. The van der Waals surface area contributed by atoms with E-state index < -0.39 is 0 Å². The molecule has 1 saturated carbocycles. The Hall–Kier alpha value is -0.480. The zero-order valence-corrected chi connectivity index (χ0v) is 8.19. The van der Waals surface area contributed by atoms with E-state index >= 15 is 0 Å². The Morgan fingerprint density at radius 1 is 1.50 bits per heavy atom. The van der Waals surface area contributed by atoms with Crippen molar-refractivity contribution < 1.29 is 0 Å². The van der Waals surface area contributed by atoms with Crippen LogP contribution in [0.1, 0.15) is 43.4 Å². The van der Waals surface area contributed by atoms with Gasteiger partial charge in [-0.05, 0) is 24.4 Å². The predicted octanol–water partition coefficient (Wildman–Crippen LogP) is 1.61. The van der Waals surface area contributed by atoms with Crippen LogP contribution < -0.4 is 5.73 Å². The molecular formula is C8H13N3S. The highest BCUT2D eigenvalue weighted by molar-refractivity contribution is 7.05. The molecule has 66 valence electrons. The second-order valence-electron chi connectivity index (χ2n) is 3.77. The van der Waals surface area contributed by atoms with Gasteiger partial charge in [-0.15, -0.1) is 0 Å². The number of aromatic nitrogens is 2. The standard InChI is InChI=1S/C8H13N3S/c1-5(2)6-10-7(12-11-6)8(9)3-4-8/h5H,3-4,9H2,1-2H3. The van der Waals surface area contributed by atoms with Gasteiger partial charge in [0, 0.05) is 5.92 Å². The first-order valence-corrected chi connectivity index (χ1v) is 5.02. The average molecular weight is 183 g/mol. The lowest BCUT2D eigenvalue weighted by Gasteiger charge is -2.00. The van der Waals surface area contributed by atoms with E-state index in [-0.39, 0.29) is 5.54 Å². The topological polar surface area (TPSA) is 51.8 Å². The smallest absolute Gasteiger partial charge is 0.145 e. The second kappa shape index (κ2) is 2.50. The molecule has 0 aromatic carbocycles. The van der Waals surface area contributed by atoms with Crippen LogP contribution in [0.15, 0.2) is 0 Å². The Kier molecular flexibility index (Phi) is 1.70. The van der Waals surface area contributed by atoms with Gasteiger partial charge in [-0.3, -0.25) is 0 Å². The summed E-state index contributed by atoms with van der Waals surface area (Å²) in [4.78, 5) is 4.43. The Labute approximate surface area is 76.2 Å². The van der Waals surface area contributed by atoms with E-state index in [1.165, 1.54) is 11.5 Å². The van der Waals surface area contributed by atoms with Crippen molar-refractivity contribution in [3.8, 4) is 0 Å². The highest BCUT2D eigenvalue weighted by atomic mass is 32.1. The lowest BCUT2D eigenvalue weighted by atomic mass is 10.2. The zero-order valence-electron chi connectivity index (χ0n) is 7.37. The summed E-state index contributed by atoms with van der Waals surface area (Å²) in [6.07, 6.45) is 2.14. The Morgan fingerprint density at radius 2 is 2.17 bits per heavy atom. The van der Waals surface area contributed by atoms with Crippen molar-refractivity contribution in [3.63, 3.8) is 0 Å². The molecule has 0 bridgehead atoms. The molecule has 2 N–H and O–H groups in total. The van der Waals surface area contributed by atoms with Gasteiger partial charge in [0.1, 0.15) is 10.8 Å². The Morgan fingerprint density at radius 3 is 2.58 bits per heavy atom. The lowest BCUT2D eigenvalue weighted by molar-refractivity contribution is 0.710. The molecule has 0 spiro atoms. The third-order valence-corrected chi connectivity index (χ3v) is 3.12. The van der Waals surface area contributed by atoms with Crippen molar-refractivity contribution in [2.24, 2.45) is 5.73 Å². The van der Waals surface area contributed by atoms with Crippen LogP contribution in [0.25, 0.3) is 0 Å². The van der Waals surface area contributed by atoms with Crippen molar-refractivity contribution >= 4 is 11.5 Å². The number of hydrogen-bond acceptors (Lipinski definition) is 4. The first-order chi connectivity index (χ1) is 5.62. The highest BCUT2D eigenvalue weighted by Gasteiger charge is 2.43. The first-order valence-electron chi connectivity index (χ1n) is 4.25. The summed E-state index contributed by atoms with van der Waals surface area (Å²) in [5.74, 6) is 1.35. The number of rotatable bonds is 2. The molecule has 0 aliphatic heterocycles. The van der Waals surface area contributed by atoms with Crippen molar-refractivity contribution in [2.75, 3.05) is 0 Å². The molecule has 0 radical (unpaired) electrons. The molecule has 0 unspecified atom stereocenters. The van der Waals surface area contributed by atoms with Crippen LogP contribution in [0.3, 0.4) is 0 Å². The third kappa shape index (κ3) is 1.25. The second-order valence-corrected chi connectivity index (χ2v) is 4.52. The minimum Gasteiger partial charge on any atom is -0.319 e. The summed E-state index contributed by atoms with van der Waals surface area (Å²) in [6, 6.07) is 0. The summed E-state index contributed by atoms with van der Waals surface area (Å²) < 4.78 is 4.27. The zero-order chi connectivity index (χ0) is 8.77. The molecule has 0 atom stereocenters. The maximum Gasteiger partial charge on any atom is 0.145 e. The largest absolute Gasteiger partial charge is 0.319 e. The summed E-state index contributed by atoms with van der Waals surface area (Å²) in [5, 5.41) is 1.02. The van der Waals surface area contributed by atoms with E-state index in [0.29, 0.717) is 5.92 Å². The molecule has 1 aliphatic carbocycles. The van der Waals surface area contributed by atoms with E-state index in [2.05, 4.69) is 23.2 Å². The van der Waals surface area contributed by atoms with Crippen LogP contribution >= 0.6 is 11.5 Å². The number of nitrogens with two attached hydrogens (primary N) is 1. The van der Waals surface area contributed by atoms with E-state index in [4.69, 9.17) is 5.73 Å². The molecule has 0 saturated heterocycles. The summed E-state index contributed by atoms with van der Waals surface area (Å²) >= 11 is 1.46. The van der Waals surface area contributed by atoms with Crippen LogP contribution in [0.4, 0.5) is 0 Å². The van der Waals surface area contributed by atoms with E-state index in [0.717, 1.165) is 23.7 Å². The van der Waals surface area contributed by atoms with Crippen LogP contribution in [0.5, 0.6) is 0 Å². The average Bonchev–Trinajstić information content (AvgIpc) is 2.61. The molecule has 1 aromatic heterocycles. The van der Waals surface area contributed by atoms with Crippen LogP contribution in [0.2, 0.25) is 0 Å². The van der Waals surface area contributed by atoms with Gasteiger partial charge >= 0.3 is 0 Å². The Balaban J connectivity index is 2.25. The summed E-state index contributed by atoms with van der Waals surface area (Å²) in [7, 11) is 0. The fourth-order valence-corrected chi connectivity index (χ4v) is 1.97. The van der Waals surface area contributed by atoms with Gasteiger partial charge in [-0.2, -0.15) is 4.37 Å². The van der Waals surface area contributed by atoms with Gasteiger partial charge in [-0.1, -0.05) is 13.8 Å². The van der Waals surface area contributed by atoms with E-state index in [9.17, 15) is 0 Å².